The van der Waals surface area contributed by atoms with Crippen molar-refractivity contribution in [2.24, 2.45) is 0 Å². The summed E-state index contributed by atoms with van der Waals surface area (Å²) in [5.41, 5.74) is 1.59. The molecule has 27 heavy (non-hydrogen) atoms. The standard InChI is InChI=1S/C21H20ClNO3S/c1-15-12-13-23(18-8-4-5-9-19(18)27-15)20(24)14-26-21(25)11-10-16-6-2-3-7-17(16)22/h2-11,15H,12-14H2,1H3/b11-10+/t15-/m1/s1. The van der Waals surface area contributed by atoms with E-state index in [2.05, 4.69) is 6.92 Å². The number of hydrogen-bond donors (Lipinski definition) is 0. The Balaban J connectivity index is 1.62. The van der Waals surface area contributed by atoms with Gasteiger partial charge in [-0.15, -0.1) is 11.8 Å². The molecule has 1 atom stereocenters. The number of amides is 1. The number of ether oxygens (including phenoxy) is 1. The molecular formula is C21H20ClNO3S. The normalized spacial score (nSPS) is 16.7. The predicted molar refractivity (Wildman–Crippen MR) is 110 cm³/mol. The fourth-order valence-electron chi connectivity index (χ4n) is 2.77. The molecule has 1 aliphatic heterocycles. The molecule has 0 aliphatic carbocycles. The Morgan fingerprint density at radius 1 is 1.22 bits per heavy atom. The zero-order valence-corrected chi connectivity index (χ0v) is 16.5. The molecular weight excluding hydrogens is 382 g/mol. The number of anilines is 1. The van der Waals surface area contributed by atoms with Crippen LogP contribution in [0.3, 0.4) is 0 Å². The van der Waals surface area contributed by atoms with E-state index in [-0.39, 0.29) is 12.5 Å². The van der Waals surface area contributed by atoms with Crippen molar-refractivity contribution in [1.29, 1.82) is 0 Å². The molecule has 2 aromatic carbocycles. The first-order valence-electron chi connectivity index (χ1n) is 8.70. The van der Waals surface area contributed by atoms with Crippen LogP contribution in [0.2, 0.25) is 5.02 Å². The highest BCUT2D eigenvalue weighted by Crippen LogP contribution is 2.37. The summed E-state index contributed by atoms with van der Waals surface area (Å²) >= 11 is 7.81. The highest BCUT2D eigenvalue weighted by Gasteiger charge is 2.24. The molecule has 0 aromatic heterocycles. The summed E-state index contributed by atoms with van der Waals surface area (Å²) in [7, 11) is 0. The van der Waals surface area contributed by atoms with Crippen molar-refractivity contribution in [3.63, 3.8) is 0 Å². The van der Waals surface area contributed by atoms with E-state index in [1.807, 2.05) is 36.4 Å². The fraction of sp³-hybridized carbons (Fsp3) is 0.238. The Kier molecular flexibility index (Phi) is 6.58. The minimum atomic E-state index is -0.575. The lowest BCUT2D eigenvalue weighted by atomic mass is 10.2. The van der Waals surface area contributed by atoms with Crippen molar-refractivity contribution in [3.8, 4) is 0 Å². The van der Waals surface area contributed by atoms with Gasteiger partial charge in [-0.3, -0.25) is 4.79 Å². The van der Waals surface area contributed by atoms with Gasteiger partial charge in [-0.2, -0.15) is 0 Å². The predicted octanol–water partition coefficient (Wildman–Crippen LogP) is 4.81. The number of esters is 1. The lowest BCUT2D eigenvalue weighted by Crippen LogP contribution is -2.35. The van der Waals surface area contributed by atoms with Crippen LogP contribution in [0, 0.1) is 0 Å². The summed E-state index contributed by atoms with van der Waals surface area (Å²) in [6.07, 6.45) is 3.74. The third kappa shape index (κ3) is 5.15. The lowest BCUT2D eigenvalue weighted by molar-refractivity contribution is -0.142. The van der Waals surface area contributed by atoms with Crippen LogP contribution < -0.4 is 4.90 Å². The first kappa shape index (κ1) is 19.5. The molecule has 0 unspecified atom stereocenters. The molecule has 0 bridgehead atoms. The van der Waals surface area contributed by atoms with Crippen LogP contribution in [-0.4, -0.2) is 30.3 Å². The summed E-state index contributed by atoms with van der Waals surface area (Å²) in [6, 6.07) is 15.0. The number of benzene rings is 2. The molecule has 6 heteroatoms. The van der Waals surface area contributed by atoms with Crippen molar-refractivity contribution >= 4 is 47.0 Å². The number of thioether (sulfide) groups is 1. The molecule has 0 radical (unpaired) electrons. The molecule has 1 heterocycles. The summed E-state index contributed by atoms with van der Waals surface area (Å²) in [6.45, 7) is 2.46. The minimum Gasteiger partial charge on any atom is -0.452 e. The summed E-state index contributed by atoms with van der Waals surface area (Å²) < 4.78 is 5.13. The topological polar surface area (TPSA) is 46.6 Å². The maximum atomic E-state index is 12.6. The molecule has 0 saturated carbocycles. The first-order chi connectivity index (χ1) is 13.0. The van der Waals surface area contributed by atoms with Gasteiger partial charge in [0.25, 0.3) is 5.91 Å². The number of carbonyl (C=O) groups is 2. The van der Waals surface area contributed by atoms with Crippen LogP contribution in [0.25, 0.3) is 6.08 Å². The zero-order valence-electron chi connectivity index (χ0n) is 14.9. The quantitative estimate of drug-likeness (QED) is 0.544. The Labute approximate surface area is 168 Å². The van der Waals surface area contributed by atoms with E-state index in [1.165, 1.54) is 6.08 Å². The molecule has 4 nitrogen and oxygen atoms in total. The Bertz CT molecular complexity index is 868. The molecule has 2 aromatic rings. The SMILES string of the molecule is C[C@@H]1CCN(C(=O)COC(=O)/C=C/c2ccccc2Cl)c2ccccc2S1. The number of halogens is 1. The number of nitrogens with zero attached hydrogens (tertiary/aromatic N) is 1. The van der Waals surface area contributed by atoms with E-state index in [4.69, 9.17) is 16.3 Å². The van der Waals surface area contributed by atoms with Gasteiger partial charge in [-0.1, -0.05) is 48.9 Å². The molecule has 0 spiro atoms. The molecule has 0 N–H and O–H groups in total. The second-order valence-electron chi connectivity index (χ2n) is 6.19. The van der Waals surface area contributed by atoms with Crippen molar-refractivity contribution < 1.29 is 14.3 Å². The Morgan fingerprint density at radius 3 is 2.78 bits per heavy atom. The smallest absolute Gasteiger partial charge is 0.331 e. The van der Waals surface area contributed by atoms with Gasteiger partial charge in [0.2, 0.25) is 0 Å². The summed E-state index contributed by atoms with van der Waals surface area (Å²) in [5.74, 6) is -0.800. The average molecular weight is 402 g/mol. The highest BCUT2D eigenvalue weighted by molar-refractivity contribution is 8.00. The zero-order chi connectivity index (χ0) is 19.2. The van der Waals surface area contributed by atoms with Crippen LogP contribution in [0.5, 0.6) is 0 Å². The van der Waals surface area contributed by atoms with Gasteiger partial charge in [0, 0.05) is 27.8 Å². The summed E-state index contributed by atoms with van der Waals surface area (Å²) in [4.78, 5) is 27.4. The van der Waals surface area contributed by atoms with Gasteiger partial charge < -0.3 is 9.64 Å². The molecule has 0 saturated heterocycles. The molecule has 140 valence electrons. The van der Waals surface area contributed by atoms with Gasteiger partial charge in [0.1, 0.15) is 0 Å². The minimum absolute atomic E-state index is 0.225. The second kappa shape index (κ2) is 9.11. The van der Waals surface area contributed by atoms with Crippen molar-refractivity contribution in [3.05, 3.63) is 65.2 Å². The van der Waals surface area contributed by atoms with Gasteiger partial charge in [-0.05, 0) is 36.3 Å². The molecule has 1 amide bonds. The molecule has 1 aliphatic rings. The monoisotopic (exact) mass is 401 g/mol. The largest absolute Gasteiger partial charge is 0.452 e. The number of rotatable bonds is 4. The third-order valence-electron chi connectivity index (χ3n) is 4.19. The van der Waals surface area contributed by atoms with E-state index in [1.54, 1.807) is 34.9 Å². The van der Waals surface area contributed by atoms with E-state index < -0.39 is 5.97 Å². The van der Waals surface area contributed by atoms with Crippen LogP contribution in [0.15, 0.2) is 59.5 Å². The van der Waals surface area contributed by atoms with Crippen LogP contribution >= 0.6 is 23.4 Å². The number of hydrogen-bond acceptors (Lipinski definition) is 4. The average Bonchev–Trinajstić information content (AvgIpc) is 2.83. The maximum absolute atomic E-state index is 12.6. The fourth-order valence-corrected chi connectivity index (χ4v) is 4.08. The van der Waals surface area contributed by atoms with Crippen molar-refractivity contribution in [1.82, 2.24) is 0 Å². The number of fused-ring (bicyclic) bond motifs is 1. The van der Waals surface area contributed by atoms with E-state index in [0.717, 1.165) is 22.6 Å². The third-order valence-corrected chi connectivity index (χ3v) is 5.77. The first-order valence-corrected chi connectivity index (χ1v) is 9.96. The van der Waals surface area contributed by atoms with Gasteiger partial charge in [0.05, 0.1) is 5.69 Å². The molecule has 0 fully saturated rings. The van der Waals surface area contributed by atoms with Gasteiger partial charge in [0.15, 0.2) is 6.61 Å². The molecule has 3 rings (SSSR count). The highest BCUT2D eigenvalue weighted by atomic mass is 35.5. The van der Waals surface area contributed by atoms with Crippen LogP contribution in [0.1, 0.15) is 18.9 Å². The van der Waals surface area contributed by atoms with Crippen molar-refractivity contribution in [2.75, 3.05) is 18.1 Å². The van der Waals surface area contributed by atoms with Crippen molar-refractivity contribution in [2.45, 2.75) is 23.5 Å². The second-order valence-corrected chi connectivity index (χ2v) is 8.08. The summed E-state index contributed by atoms with van der Waals surface area (Å²) in [5, 5.41) is 0.968. The Morgan fingerprint density at radius 2 is 1.96 bits per heavy atom. The van der Waals surface area contributed by atoms with E-state index in [9.17, 15) is 9.59 Å². The number of para-hydroxylation sites is 1. The van der Waals surface area contributed by atoms with Gasteiger partial charge >= 0.3 is 5.97 Å². The Hall–Kier alpha value is -2.24. The van der Waals surface area contributed by atoms with Crippen LogP contribution in [-0.2, 0) is 14.3 Å². The maximum Gasteiger partial charge on any atom is 0.331 e. The lowest BCUT2D eigenvalue weighted by Gasteiger charge is -2.22. The van der Waals surface area contributed by atoms with E-state index >= 15 is 0 Å². The number of carbonyl (C=O) groups excluding carboxylic acids is 2. The van der Waals surface area contributed by atoms with Crippen LogP contribution in [0.4, 0.5) is 5.69 Å². The van der Waals surface area contributed by atoms with Gasteiger partial charge in [-0.25, -0.2) is 4.79 Å². The van der Waals surface area contributed by atoms with E-state index in [0.29, 0.717) is 16.8 Å².